The van der Waals surface area contributed by atoms with Gasteiger partial charge in [-0.2, -0.15) is 11.3 Å². The molecule has 0 saturated heterocycles. The lowest BCUT2D eigenvalue weighted by atomic mass is 9.98. The van der Waals surface area contributed by atoms with Crippen molar-refractivity contribution in [1.82, 2.24) is 5.32 Å². The van der Waals surface area contributed by atoms with Gasteiger partial charge in [0, 0.05) is 12.5 Å². The molecule has 100 valence electrons. The molecule has 1 aromatic heterocycles. The maximum atomic E-state index is 5.57. The number of hydrogen-bond acceptors (Lipinski definition) is 3. The van der Waals surface area contributed by atoms with Gasteiger partial charge in [-0.15, -0.1) is 0 Å². The van der Waals surface area contributed by atoms with E-state index in [1.54, 1.807) is 11.3 Å². The van der Waals surface area contributed by atoms with Crippen LogP contribution in [-0.2, 0) is 12.8 Å². The minimum absolute atomic E-state index is 0.422. The Bertz CT molecular complexity index is 536. The molecule has 1 aromatic carbocycles. The van der Waals surface area contributed by atoms with Gasteiger partial charge in [0.25, 0.3) is 0 Å². The van der Waals surface area contributed by atoms with Crippen LogP contribution < -0.4 is 10.1 Å². The zero-order chi connectivity index (χ0) is 13.1. The minimum atomic E-state index is 0.422. The average Bonchev–Trinajstić information content (AvgIpc) is 3.09. The summed E-state index contributed by atoms with van der Waals surface area (Å²) in [6, 6.07) is 9.25. The van der Waals surface area contributed by atoms with Crippen molar-refractivity contribution in [3.8, 4) is 5.75 Å². The Morgan fingerprint density at radius 3 is 3.11 bits per heavy atom. The Balaban J connectivity index is 1.71. The van der Waals surface area contributed by atoms with Crippen LogP contribution in [0.4, 0.5) is 0 Å². The van der Waals surface area contributed by atoms with Crippen molar-refractivity contribution in [1.29, 1.82) is 0 Å². The highest BCUT2D eigenvalue weighted by Crippen LogP contribution is 2.29. The van der Waals surface area contributed by atoms with Crippen LogP contribution >= 0.6 is 11.3 Å². The maximum absolute atomic E-state index is 5.57. The van der Waals surface area contributed by atoms with E-state index in [4.69, 9.17) is 4.74 Å². The quantitative estimate of drug-likeness (QED) is 0.899. The third-order valence-corrected chi connectivity index (χ3v) is 4.50. The Morgan fingerprint density at radius 1 is 1.37 bits per heavy atom. The molecule has 0 amide bonds. The predicted molar refractivity (Wildman–Crippen MR) is 80.1 cm³/mol. The number of fused-ring (bicyclic) bond motifs is 1. The van der Waals surface area contributed by atoms with Crippen LogP contribution in [0.15, 0.2) is 35.0 Å². The van der Waals surface area contributed by atoms with E-state index < -0.39 is 0 Å². The molecule has 2 heterocycles. The molecule has 0 fully saturated rings. The van der Waals surface area contributed by atoms with E-state index in [0.29, 0.717) is 6.04 Å². The van der Waals surface area contributed by atoms with Gasteiger partial charge in [-0.1, -0.05) is 12.1 Å². The molecule has 0 saturated carbocycles. The second-order valence-corrected chi connectivity index (χ2v) is 5.76. The fourth-order valence-electron chi connectivity index (χ4n) is 2.65. The summed E-state index contributed by atoms with van der Waals surface area (Å²) >= 11 is 1.77. The minimum Gasteiger partial charge on any atom is -0.493 e. The van der Waals surface area contributed by atoms with Gasteiger partial charge in [0.15, 0.2) is 0 Å². The first-order valence-corrected chi connectivity index (χ1v) is 7.75. The molecular formula is C16H19NOS. The number of hydrogen-bond donors (Lipinski definition) is 1. The van der Waals surface area contributed by atoms with Gasteiger partial charge >= 0.3 is 0 Å². The topological polar surface area (TPSA) is 21.3 Å². The molecule has 0 radical (unpaired) electrons. The highest BCUT2D eigenvalue weighted by atomic mass is 32.1. The zero-order valence-electron chi connectivity index (χ0n) is 11.2. The number of rotatable bonds is 5. The van der Waals surface area contributed by atoms with Crippen LogP contribution in [0.5, 0.6) is 5.75 Å². The monoisotopic (exact) mass is 273 g/mol. The van der Waals surface area contributed by atoms with E-state index in [0.717, 1.165) is 31.6 Å². The third kappa shape index (κ3) is 2.82. The molecule has 2 aromatic rings. The third-order valence-electron chi connectivity index (χ3n) is 3.77. The number of thiophene rings is 1. The largest absolute Gasteiger partial charge is 0.493 e. The number of ether oxygens (including phenoxy) is 1. The Morgan fingerprint density at radius 2 is 2.32 bits per heavy atom. The Kier molecular flexibility index (Phi) is 3.85. The van der Waals surface area contributed by atoms with Gasteiger partial charge in [-0.25, -0.2) is 0 Å². The van der Waals surface area contributed by atoms with Crippen LogP contribution in [0.25, 0.3) is 0 Å². The Hall–Kier alpha value is -1.32. The van der Waals surface area contributed by atoms with Gasteiger partial charge in [0.05, 0.1) is 6.61 Å². The summed E-state index contributed by atoms with van der Waals surface area (Å²) in [6.45, 7) is 0.831. The molecule has 1 aliphatic rings. The lowest BCUT2D eigenvalue weighted by Crippen LogP contribution is -2.17. The van der Waals surface area contributed by atoms with E-state index in [1.165, 1.54) is 16.7 Å². The first-order chi connectivity index (χ1) is 9.36. The van der Waals surface area contributed by atoms with Gasteiger partial charge in [0.2, 0.25) is 0 Å². The van der Waals surface area contributed by atoms with Crippen molar-refractivity contribution in [3.05, 3.63) is 51.7 Å². The molecule has 1 atom stereocenters. The molecule has 0 spiro atoms. The van der Waals surface area contributed by atoms with Crippen molar-refractivity contribution >= 4 is 11.3 Å². The maximum Gasteiger partial charge on any atom is 0.122 e. The second-order valence-electron chi connectivity index (χ2n) is 4.98. The highest BCUT2D eigenvalue weighted by molar-refractivity contribution is 7.07. The fourth-order valence-corrected chi connectivity index (χ4v) is 3.35. The zero-order valence-corrected chi connectivity index (χ0v) is 12.0. The molecule has 3 heteroatoms. The van der Waals surface area contributed by atoms with E-state index in [-0.39, 0.29) is 0 Å². The van der Waals surface area contributed by atoms with Crippen molar-refractivity contribution in [2.45, 2.75) is 25.3 Å². The fraction of sp³-hybridized carbons (Fsp3) is 0.375. The first kappa shape index (κ1) is 12.7. The van der Waals surface area contributed by atoms with Crippen molar-refractivity contribution in [2.24, 2.45) is 0 Å². The van der Waals surface area contributed by atoms with E-state index in [9.17, 15) is 0 Å². The SMILES string of the molecule is CNC(CCc1ccsc1)c1ccc2c(c1)CCO2. The lowest BCUT2D eigenvalue weighted by Gasteiger charge is -2.17. The van der Waals surface area contributed by atoms with Gasteiger partial charge in [-0.3, -0.25) is 0 Å². The number of nitrogens with one attached hydrogen (secondary N) is 1. The number of aryl methyl sites for hydroxylation is 1. The molecule has 0 bridgehead atoms. The second kappa shape index (κ2) is 5.76. The van der Waals surface area contributed by atoms with Crippen LogP contribution in [0.2, 0.25) is 0 Å². The van der Waals surface area contributed by atoms with Crippen LogP contribution in [0, 0.1) is 0 Å². The first-order valence-electron chi connectivity index (χ1n) is 6.81. The normalized spacial score (nSPS) is 15.0. The van der Waals surface area contributed by atoms with Gasteiger partial charge in [-0.05, 0) is 59.5 Å². The molecular weight excluding hydrogens is 254 g/mol. The molecule has 2 nitrogen and oxygen atoms in total. The summed E-state index contributed by atoms with van der Waals surface area (Å²) < 4.78 is 5.57. The predicted octanol–water partition coefficient (Wildman–Crippen LogP) is 3.58. The summed E-state index contributed by atoms with van der Waals surface area (Å²) in [4.78, 5) is 0. The molecule has 1 unspecified atom stereocenters. The molecule has 0 aliphatic carbocycles. The van der Waals surface area contributed by atoms with Crippen molar-refractivity contribution in [3.63, 3.8) is 0 Å². The Labute approximate surface area is 118 Å². The van der Waals surface area contributed by atoms with Crippen LogP contribution in [0.3, 0.4) is 0 Å². The molecule has 1 N–H and O–H groups in total. The molecule has 3 rings (SSSR count). The van der Waals surface area contributed by atoms with E-state index in [1.807, 2.05) is 7.05 Å². The van der Waals surface area contributed by atoms with Crippen LogP contribution in [-0.4, -0.2) is 13.7 Å². The summed E-state index contributed by atoms with van der Waals surface area (Å²) in [5, 5.41) is 7.82. The summed E-state index contributed by atoms with van der Waals surface area (Å²) in [5.74, 6) is 1.07. The number of benzene rings is 1. The smallest absolute Gasteiger partial charge is 0.122 e. The lowest BCUT2D eigenvalue weighted by molar-refractivity contribution is 0.356. The molecule has 19 heavy (non-hydrogen) atoms. The summed E-state index contributed by atoms with van der Waals surface area (Å²) in [6.07, 6.45) is 3.31. The standard InChI is InChI=1S/C16H19NOS/c1-17-15(4-2-12-7-9-19-11-12)13-3-5-16-14(10-13)6-8-18-16/h3,5,7,9-11,15,17H,2,4,6,8H2,1H3. The van der Waals surface area contributed by atoms with Crippen molar-refractivity contribution in [2.75, 3.05) is 13.7 Å². The molecule has 1 aliphatic heterocycles. The summed E-state index contributed by atoms with van der Waals surface area (Å²) in [5.41, 5.74) is 4.17. The van der Waals surface area contributed by atoms with Gasteiger partial charge < -0.3 is 10.1 Å². The van der Waals surface area contributed by atoms with Gasteiger partial charge in [0.1, 0.15) is 5.75 Å². The highest BCUT2D eigenvalue weighted by Gasteiger charge is 2.16. The average molecular weight is 273 g/mol. The summed E-state index contributed by atoms with van der Waals surface area (Å²) in [7, 11) is 2.04. The van der Waals surface area contributed by atoms with E-state index >= 15 is 0 Å². The van der Waals surface area contributed by atoms with E-state index in [2.05, 4.69) is 40.3 Å². The van der Waals surface area contributed by atoms with Crippen molar-refractivity contribution < 1.29 is 4.74 Å². The van der Waals surface area contributed by atoms with Crippen LogP contribution in [0.1, 0.15) is 29.2 Å².